The minimum Gasteiger partial charge on any atom is -0.298 e. The van der Waals surface area contributed by atoms with E-state index in [2.05, 4.69) is 77.9 Å². The van der Waals surface area contributed by atoms with Crippen molar-refractivity contribution in [1.82, 2.24) is 0 Å². The van der Waals surface area contributed by atoms with Crippen LogP contribution >= 0.6 is 0 Å². The second-order valence-corrected chi connectivity index (χ2v) is 9.13. The summed E-state index contributed by atoms with van der Waals surface area (Å²) < 4.78 is 0. The smallest absolute Gasteiger partial charge is 0.151 e. The maximum Gasteiger partial charge on any atom is 0.151 e. The first-order valence-electron chi connectivity index (χ1n) is 9.25. The largest absolute Gasteiger partial charge is 0.298 e. The van der Waals surface area contributed by atoms with E-state index in [4.69, 9.17) is 0 Å². The highest BCUT2D eigenvalue weighted by Gasteiger charge is 2.23. The van der Waals surface area contributed by atoms with Crippen LogP contribution in [0, 0.1) is 0 Å². The second-order valence-electron chi connectivity index (χ2n) is 9.13. The third-order valence-corrected chi connectivity index (χ3v) is 5.07. The van der Waals surface area contributed by atoms with Gasteiger partial charge in [0.1, 0.15) is 0 Å². The summed E-state index contributed by atoms with van der Waals surface area (Å²) in [5, 5.41) is 2.11. The molecular formula is C25H28O. The number of hydrogen-bond donors (Lipinski definition) is 0. The van der Waals surface area contributed by atoms with Gasteiger partial charge < -0.3 is 0 Å². The molecule has 0 saturated carbocycles. The van der Waals surface area contributed by atoms with E-state index in [9.17, 15) is 4.79 Å². The van der Waals surface area contributed by atoms with Crippen LogP contribution in [-0.4, -0.2) is 6.29 Å². The molecule has 0 aliphatic carbocycles. The van der Waals surface area contributed by atoms with Gasteiger partial charge in [-0.25, -0.2) is 0 Å². The molecule has 0 unspecified atom stereocenters. The average Bonchev–Trinajstić information content (AvgIpc) is 2.58. The van der Waals surface area contributed by atoms with Crippen molar-refractivity contribution in [3.8, 4) is 11.1 Å². The van der Waals surface area contributed by atoms with Crippen molar-refractivity contribution < 1.29 is 4.79 Å². The van der Waals surface area contributed by atoms with Gasteiger partial charge in [0.15, 0.2) is 6.29 Å². The summed E-state index contributed by atoms with van der Waals surface area (Å²) in [4.78, 5) is 12.1. The van der Waals surface area contributed by atoms with Gasteiger partial charge >= 0.3 is 0 Å². The summed E-state index contributed by atoms with van der Waals surface area (Å²) in [5.41, 5.74) is 5.57. The number of carbonyl (C=O) groups is 1. The van der Waals surface area contributed by atoms with Crippen molar-refractivity contribution in [2.45, 2.75) is 52.4 Å². The van der Waals surface area contributed by atoms with Gasteiger partial charge in [-0.3, -0.25) is 4.79 Å². The van der Waals surface area contributed by atoms with Crippen molar-refractivity contribution in [3.05, 3.63) is 71.3 Å². The summed E-state index contributed by atoms with van der Waals surface area (Å²) >= 11 is 0. The van der Waals surface area contributed by atoms with E-state index in [-0.39, 0.29) is 10.8 Å². The Hall–Kier alpha value is -2.41. The van der Waals surface area contributed by atoms with Gasteiger partial charge in [0.2, 0.25) is 0 Å². The third-order valence-electron chi connectivity index (χ3n) is 5.07. The molecule has 0 N–H and O–H groups in total. The number of benzene rings is 3. The maximum atomic E-state index is 12.1. The zero-order valence-electron chi connectivity index (χ0n) is 16.7. The van der Waals surface area contributed by atoms with Crippen LogP contribution in [0.4, 0.5) is 0 Å². The van der Waals surface area contributed by atoms with Gasteiger partial charge in [-0.2, -0.15) is 0 Å². The van der Waals surface area contributed by atoms with E-state index in [0.29, 0.717) is 0 Å². The first-order valence-corrected chi connectivity index (χ1v) is 9.25. The van der Waals surface area contributed by atoms with Crippen LogP contribution in [0.25, 0.3) is 21.9 Å². The Bertz CT molecular complexity index is 966. The normalized spacial score (nSPS) is 12.4. The third kappa shape index (κ3) is 3.31. The fourth-order valence-corrected chi connectivity index (χ4v) is 3.55. The second kappa shape index (κ2) is 6.39. The van der Waals surface area contributed by atoms with Gasteiger partial charge in [0.05, 0.1) is 0 Å². The van der Waals surface area contributed by atoms with Crippen LogP contribution in [-0.2, 0) is 10.8 Å². The number of hydrogen-bond acceptors (Lipinski definition) is 1. The Balaban J connectivity index is 2.38. The standard InChI is InChI=1S/C25H28O/c1-24(2,3)18-12-14-23(25(4,5)6)21(15-18)20-13-11-17-9-7-8-10-19(17)22(20)16-26/h7-16H,1-6H3. The number of aldehydes is 1. The van der Waals surface area contributed by atoms with E-state index in [0.717, 1.165) is 33.7 Å². The Morgan fingerprint density at radius 2 is 1.42 bits per heavy atom. The lowest BCUT2D eigenvalue weighted by molar-refractivity contribution is 0.112. The molecular weight excluding hydrogens is 316 g/mol. The Morgan fingerprint density at radius 1 is 0.731 bits per heavy atom. The van der Waals surface area contributed by atoms with Gasteiger partial charge in [-0.05, 0) is 43.9 Å². The van der Waals surface area contributed by atoms with Crippen molar-refractivity contribution in [3.63, 3.8) is 0 Å². The van der Waals surface area contributed by atoms with Gasteiger partial charge in [0, 0.05) is 5.56 Å². The lowest BCUT2D eigenvalue weighted by Crippen LogP contribution is -2.16. The predicted octanol–water partition coefficient (Wildman–Crippen LogP) is 6.91. The number of rotatable bonds is 2. The molecule has 134 valence electrons. The first-order chi connectivity index (χ1) is 12.1. The van der Waals surface area contributed by atoms with Crippen LogP contribution in [0.1, 0.15) is 63.0 Å². The summed E-state index contributed by atoms with van der Waals surface area (Å²) in [5.74, 6) is 0. The Morgan fingerprint density at radius 3 is 2.04 bits per heavy atom. The molecule has 0 bridgehead atoms. The monoisotopic (exact) mass is 344 g/mol. The summed E-state index contributed by atoms with van der Waals surface area (Å²) in [6.45, 7) is 13.4. The maximum absolute atomic E-state index is 12.1. The molecule has 0 atom stereocenters. The molecule has 0 amide bonds. The molecule has 0 spiro atoms. The molecule has 26 heavy (non-hydrogen) atoms. The molecule has 3 aromatic carbocycles. The molecule has 0 fully saturated rings. The highest BCUT2D eigenvalue weighted by Crippen LogP contribution is 2.39. The molecule has 0 aliphatic heterocycles. The van der Waals surface area contributed by atoms with E-state index in [1.54, 1.807) is 0 Å². The molecule has 0 saturated heterocycles. The minimum atomic E-state index is -0.00243. The van der Waals surface area contributed by atoms with E-state index in [1.165, 1.54) is 11.1 Å². The van der Waals surface area contributed by atoms with Gasteiger partial charge in [0.25, 0.3) is 0 Å². The van der Waals surface area contributed by atoms with Crippen LogP contribution in [0.15, 0.2) is 54.6 Å². The molecule has 0 aliphatic rings. The minimum absolute atomic E-state index is 0.00243. The van der Waals surface area contributed by atoms with Crippen molar-refractivity contribution in [1.29, 1.82) is 0 Å². The number of carbonyl (C=O) groups excluding carboxylic acids is 1. The quantitative estimate of drug-likeness (QED) is 0.461. The van der Waals surface area contributed by atoms with Crippen LogP contribution in [0.3, 0.4) is 0 Å². The molecule has 1 heteroatoms. The molecule has 0 radical (unpaired) electrons. The molecule has 3 rings (SSSR count). The van der Waals surface area contributed by atoms with Gasteiger partial charge in [-0.15, -0.1) is 0 Å². The van der Waals surface area contributed by atoms with Crippen molar-refractivity contribution in [2.24, 2.45) is 0 Å². The fraction of sp³-hybridized carbons (Fsp3) is 0.320. The summed E-state index contributed by atoms with van der Waals surface area (Å²) in [6.07, 6.45) is 1.01. The first kappa shape index (κ1) is 18.4. The average molecular weight is 344 g/mol. The zero-order valence-corrected chi connectivity index (χ0v) is 16.7. The van der Waals surface area contributed by atoms with E-state index >= 15 is 0 Å². The zero-order chi connectivity index (χ0) is 19.1. The van der Waals surface area contributed by atoms with E-state index in [1.807, 2.05) is 18.2 Å². The van der Waals surface area contributed by atoms with Crippen molar-refractivity contribution in [2.75, 3.05) is 0 Å². The van der Waals surface area contributed by atoms with E-state index < -0.39 is 0 Å². The van der Waals surface area contributed by atoms with Crippen LogP contribution < -0.4 is 0 Å². The summed E-state index contributed by atoms with van der Waals surface area (Å²) in [6, 6.07) is 19.1. The molecule has 1 nitrogen and oxygen atoms in total. The lowest BCUT2D eigenvalue weighted by Gasteiger charge is -2.27. The van der Waals surface area contributed by atoms with Crippen LogP contribution in [0.2, 0.25) is 0 Å². The number of fused-ring (bicyclic) bond motifs is 1. The summed E-state index contributed by atoms with van der Waals surface area (Å²) in [7, 11) is 0. The predicted molar refractivity (Wildman–Crippen MR) is 112 cm³/mol. The van der Waals surface area contributed by atoms with Crippen molar-refractivity contribution >= 4 is 17.1 Å². The highest BCUT2D eigenvalue weighted by molar-refractivity contribution is 6.05. The lowest BCUT2D eigenvalue weighted by atomic mass is 9.77. The SMILES string of the molecule is CC(C)(C)c1ccc(C(C)(C)C)c(-c2ccc3ccccc3c2C=O)c1. The fourth-order valence-electron chi connectivity index (χ4n) is 3.55. The topological polar surface area (TPSA) is 17.1 Å². The Labute approximate surface area is 157 Å². The Kier molecular flexibility index (Phi) is 4.52. The van der Waals surface area contributed by atoms with Crippen LogP contribution in [0.5, 0.6) is 0 Å². The molecule has 0 heterocycles. The molecule has 0 aromatic heterocycles. The highest BCUT2D eigenvalue weighted by atomic mass is 16.1. The molecule has 3 aromatic rings. The van der Waals surface area contributed by atoms with Gasteiger partial charge in [-0.1, -0.05) is 96.1 Å².